The molecule has 196 valence electrons. The minimum Gasteiger partial charge on any atom is -0.493 e. The van der Waals surface area contributed by atoms with Gasteiger partial charge in [0.25, 0.3) is 5.91 Å². The zero-order chi connectivity index (χ0) is 26.3. The van der Waals surface area contributed by atoms with Crippen molar-refractivity contribution in [2.45, 2.75) is 17.9 Å². The standard InChI is InChI=1S/C28H33N3O5S/c1-35-26-12-11-22(20-27(26)36-2)13-14-29-28(32)24-8-6-7-23(19-24)21-30-15-17-31(18-16-30)37(33,34)25-9-4-3-5-10-25/h3-12,19-20H,13-18,21H2,1-2H3,(H,29,32). The number of sulfonamides is 1. The first-order chi connectivity index (χ1) is 17.9. The molecule has 0 aromatic heterocycles. The molecule has 9 heteroatoms. The smallest absolute Gasteiger partial charge is 0.251 e. The van der Waals surface area contributed by atoms with E-state index in [1.165, 1.54) is 0 Å². The molecule has 3 aromatic carbocycles. The van der Waals surface area contributed by atoms with Crippen molar-refractivity contribution in [1.29, 1.82) is 0 Å². The second-order valence-corrected chi connectivity index (χ2v) is 10.8. The van der Waals surface area contributed by atoms with E-state index >= 15 is 0 Å². The lowest BCUT2D eigenvalue weighted by Gasteiger charge is -2.34. The fraction of sp³-hybridized carbons (Fsp3) is 0.321. The van der Waals surface area contributed by atoms with Gasteiger partial charge in [-0.15, -0.1) is 0 Å². The molecule has 0 saturated carbocycles. The molecule has 0 atom stereocenters. The molecule has 1 aliphatic rings. The lowest BCUT2D eigenvalue weighted by atomic mass is 10.1. The number of nitrogens with one attached hydrogen (secondary N) is 1. The van der Waals surface area contributed by atoms with Crippen molar-refractivity contribution in [3.05, 3.63) is 89.5 Å². The van der Waals surface area contributed by atoms with Crippen LogP contribution in [0, 0.1) is 0 Å². The number of amides is 1. The van der Waals surface area contributed by atoms with E-state index in [2.05, 4.69) is 10.2 Å². The third-order valence-corrected chi connectivity index (χ3v) is 8.37. The van der Waals surface area contributed by atoms with Gasteiger partial charge in [0.05, 0.1) is 19.1 Å². The van der Waals surface area contributed by atoms with Crippen molar-refractivity contribution in [3.63, 3.8) is 0 Å². The van der Waals surface area contributed by atoms with Gasteiger partial charge < -0.3 is 14.8 Å². The molecule has 0 bridgehead atoms. The van der Waals surface area contributed by atoms with E-state index in [9.17, 15) is 13.2 Å². The molecule has 1 saturated heterocycles. The largest absolute Gasteiger partial charge is 0.493 e. The lowest BCUT2D eigenvalue weighted by molar-refractivity contribution is 0.0954. The monoisotopic (exact) mass is 523 g/mol. The molecule has 37 heavy (non-hydrogen) atoms. The summed E-state index contributed by atoms with van der Waals surface area (Å²) in [5.41, 5.74) is 2.67. The summed E-state index contributed by atoms with van der Waals surface area (Å²) in [5, 5.41) is 2.98. The normalized spacial score (nSPS) is 14.8. The second kappa shape index (κ2) is 12.2. The Balaban J connectivity index is 1.28. The van der Waals surface area contributed by atoms with E-state index in [-0.39, 0.29) is 5.91 Å². The highest BCUT2D eigenvalue weighted by Crippen LogP contribution is 2.27. The Kier molecular flexibility index (Phi) is 8.81. The first kappa shape index (κ1) is 26.7. The van der Waals surface area contributed by atoms with E-state index in [0.29, 0.717) is 67.6 Å². The fourth-order valence-electron chi connectivity index (χ4n) is 4.40. The summed E-state index contributed by atoms with van der Waals surface area (Å²) in [6, 6.07) is 21.9. The number of piperazine rings is 1. The van der Waals surface area contributed by atoms with Gasteiger partial charge in [0, 0.05) is 44.8 Å². The first-order valence-corrected chi connectivity index (χ1v) is 13.7. The lowest BCUT2D eigenvalue weighted by Crippen LogP contribution is -2.48. The first-order valence-electron chi connectivity index (χ1n) is 12.3. The highest BCUT2D eigenvalue weighted by atomic mass is 32.2. The molecule has 0 radical (unpaired) electrons. The van der Waals surface area contributed by atoms with Gasteiger partial charge in [0.15, 0.2) is 11.5 Å². The van der Waals surface area contributed by atoms with Crippen LogP contribution in [0.4, 0.5) is 0 Å². The molecule has 1 heterocycles. The molecule has 0 aliphatic carbocycles. The van der Waals surface area contributed by atoms with E-state index in [4.69, 9.17) is 9.47 Å². The number of benzene rings is 3. The molecular formula is C28H33N3O5S. The molecule has 1 aliphatic heterocycles. The van der Waals surface area contributed by atoms with Crippen LogP contribution in [0.3, 0.4) is 0 Å². The average molecular weight is 524 g/mol. The van der Waals surface area contributed by atoms with Crippen LogP contribution in [0.25, 0.3) is 0 Å². The van der Waals surface area contributed by atoms with Crippen molar-refractivity contribution >= 4 is 15.9 Å². The molecule has 1 amide bonds. The molecule has 8 nitrogen and oxygen atoms in total. The number of carbonyl (C=O) groups excluding carboxylic acids is 1. The summed E-state index contributed by atoms with van der Waals surface area (Å²) in [5.74, 6) is 1.21. The summed E-state index contributed by atoms with van der Waals surface area (Å²) < 4.78 is 37.9. The van der Waals surface area contributed by atoms with E-state index in [1.807, 2.05) is 42.5 Å². The Morgan fingerprint density at radius 1 is 0.838 bits per heavy atom. The summed E-state index contributed by atoms with van der Waals surface area (Å²) in [6.07, 6.45) is 0.669. The van der Waals surface area contributed by atoms with Crippen molar-refractivity contribution in [3.8, 4) is 11.5 Å². The highest BCUT2D eigenvalue weighted by Gasteiger charge is 2.28. The second-order valence-electron chi connectivity index (χ2n) is 8.89. The minimum atomic E-state index is -3.47. The van der Waals surface area contributed by atoms with Crippen molar-refractivity contribution in [1.82, 2.24) is 14.5 Å². The summed E-state index contributed by atoms with van der Waals surface area (Å²) >= 11 is 0. The third kappa shape index (κ3) is 6.68. The Hall–Kier alpha value is -3.40. The van der Waals surface area contributed by atoms with Crippen molar-refractivity contribution in [2.24, 2.45) is 0 Å². The van der Waals surface area contributed by atoms with E-state index < -0.39 is 10.0 Å². The number of nitrogens with zero attached hydrogens (tertiary/aromatic N) is 2. The van der Waals surface area contributed by atoms with Crippen molar-refractivity contribution in [2.75, 3.05) is 46.9 Å². The predicted octanol–water partition coefficient (Wildman–Crippen LogP) is 3.18. The fourth-order valence-corrected chi connectivity index (χ4v) is 5.84. The molecule has 1 N–H and O–H groups in total. The van der Waals surface area contributed by atoms with Gasteiger partial charge in [0.1, 0.15) is 0 Å². The SMILES string of the molecule is COc1ccc(CCNC(=O)c2cccc(CN3CCN(S(=O)(=O)c4ccccc4)CC3)c2)cc1OC. The molecule has 1 fully saturated rings. The van der Waals surface area contributed by atoms with Gasteiger partial charge in [0.2, 0.25) is 10.0 Å². The number of carbonyl (C=O) groups is 1. The molecule has 0 unspecified atom stereocenters. The van der Waals surface area contributed by atoms with Gasteiger partial charge >= 0.3 is 0 Å². The van der Waals surface area contributed by atoms with Crippen LogP contribution >= 0.6 is 0 Å². The van der Waals surface area contributed by atoms with E-state index in [0.717, 1.165) is 11.1 Å². The van der Waals surface area contributed by atoms with Gasteiger partial charge in [-0.3, -0.25) is 9.69 Å². The van der Waals surface area contributed by atoms with Gasteiger partial charge in [-0.1, -0.05) is 36.4 Å². The quantitative estimate of drug-likeness (QED) is 0.439. The number of hydrogen-bond donors (Lipinski definition) is 1. The van der Waals surface area contributed by atoms with Gasteiger partial charge in [-0.2, -0.15) is 4.31 Å². The molecule has 3 aromatic rings. The highest BCUT2D eigenvalue weighted by molar-refractivity contribution is 7.89. The van der Waals surface area contributed by atoms with Crippen LogP contribution in [0.2, 0.25) is 0 Å². The van der Waals surface area contributed by atoms with Crippen LogP contribution < -0.4 is 14.8 Å². The average Bonchev–Trinajstić information content (AvgIpc) is 2.93. The number of hydrogen-bond acceptors (Lipinski definition) is 6. The minimum absolute atomic E-state index is 0.124. The topological polar surface area (TPSA) is 88.2 Å². The Bertz CT molecular complexity index is 1310. The summed E-state index contributed by atoms with van der Waals surface area (Å²) in [6.45, 7) is 3.30. The van der Waals surface area contributed by atoms with Crippen LogP contribution in [0.15, 0.2) is 77.7 Å². The zero-order valence-corrected chi connectivity index (χ0v) is 22.0. The maximum Gasteiger partial charge on any atom is 0.251 e. The maximum absolute atomic E-state index is 12.9. The number of rotatable bonds is 10. The van der Waals surface area contributed by atoms with Gasteiger partial charge in [-0.25, -0.2) is 8.42 Å². The third-order valence-electron chi connectivity index (χ3n) is 6.45. The molecule has 4 rings (SSSR count). The summed E-state index contributed by atoms with van der Waals surface area (Å²) in [7, 11) is -0.273. The maximum atomic E-state index is 12.9. The van der Waals surface area contributed by atoms with Crippen LogP contribution in [-0.2, 0) is 23.0 Å². The number of methoxy groups -OCH3 is 2. The van der Waals surface area contributed by atoms with Crippen LogP contribution in [-0.4, -0.2) is 70.5 Å². The van der Waals surface area contributed by atoms with Crippen molar-refractivity contribution < 1.29 is 22.7 Å². The Labute approximate surface area is 218 Å². The summed E-state index contributed by atoms with van der Waals surface area (Å²) in [4.78, 5) is 15.3. The Morgan fingerprint density at radius 3 is 2.27 bits per heavy atom. The molecular weight excluding hydrogens is 490 g/mol. The zero-order valence-electron chi connectivity index (χ0n) is 21.2. The predicted molar refractivity (Wildman–Crippen MR) is 143 cm³/mol. The molecule has 0 spiro atoms. The Morgan fingerprint density at radius 2 is 1.57 bits per heavy atom. The number of ether oxygens (including phenoxy) is 2. The van der Waals surface area contributed by atoms with Gasteiger partial charge in [-0.05, 0) is 53.9 Å². The van der Waals surface area contributed by atoms with E-state index in [1.54, 1.807) is 48.9 Å². The van der Waals surface area contributed by atoms with Crippen LogP contribution in [0.1, 0.15) is 21.5 Å². The van der Waals surface area contributed by atoms with Crippen LogP contribution in [0.5, 0.6) is 11.5 Å².